The molecule has 0 radical (unpaired) electrons. The second-order valence-corrected chi connectivity index (χ2v) is 4.85. The van der Waals surface area contributed by atoms with Gasteiger partial charge < -0.3 is 15.4 Å². The third-order valence-corrected chi connectivity index (χ3v) is 3.18. The topological polar surface area (TPSA) is 59.1 Å². The molecular weight excluding hydrogens is 240 g/mol. The van der Waals surface area contributed by atoms with Crippen molar-refractivity contribution >= 4 is 11.6 Å². The zero-order valence-corrected chi connectivity index (χ0v) is 11.9. The highest BCUT2D eigenvalue weighted by Crippen LogP contribution is 2.15. The van der Waals surface area contributed by atoms with Gasteiger partial charge in [-0.15, -0.1) is 0 Å². The van der Waals surface area contributed by atoms with Crippen LogP contribution in [-0.4, -0.2) is 35.8 Å². The van der Waals surface area contributed by atoms with Gasteiger partial charge in [0.1, 0.15) is 17.5 Å². The molecule has 5 heteroatoms. The molecule has 0 aliphatic carbocycles. The van der Waals surface area contributed by atoms with E-state index in [0.29, 0.717) is 6.10 Å². The van der Waals surface area contributed by atoms with Gasteiger partial charge in [-0.25, -0.2) is 9.97 Å². The first-order chi connectivity index (χ1) is 9.31. The molecular formula is C14H24N4O. The van der Waals surface area contributed by atoms with E-state index in [2.05, 4.69) is 34.4 Å². The van der Waals surface area contributed by atoms with E-state index in [9.17, 15) is 0 Å². The maximum atomic E-state index is 5.60. The van der Waals surface area contributed by atoms with E-state index in [0.717, 1.165) is 56.4 Å². The maximum Gasteiger partial charge on any atom is 0.132 e. The van der Waals surface area contributed by atoms with Crippen LogP contribution in [0.15, 0.2) is 6.07 Å². The van der Waals surface area contributed by atoms with Crippen molar-refractivity contribution in [1.82, 2.24) is 9.97 Å². The van der Waals surface area contributed by atoms with E-state index in [4.69, 9.17) is 4.74 Å². The summed E-state index contributed by atoms with van der Waals surface area (Å²) in [5.74, 6) is 2.67. The first kappa shape index (κ1) is 14.1. The number of hydrogen-bond donors (Lipinski definition) is 2. The standard InChI is InChI=1S/C14H24N4O/c1-3-7-15-13-9-14(18-12(4-2)17-13)16-10-11-6-5-8-19-11/h9,11H,3-8,10H2,1-2H3,(H2,15,16,17,18). The summed E-state index contributed by atoms with van der Waals surface area (Å²) in [4.78, 5) is 8.98. The van der Waals surface area contributed by atoms with Crippen LogP contribution in [0.25, 0.3) is 0 Å². The van der Waals surface area contributed by atoms with Gasteiger partial charge in [-0.3, -0.25) is 0 Å². The van der Waals surface area contributed by atoms with Crippen molar-refractivity contribution in [3.05, 3.63) is 11.9 Å². The Balaban J connectivity index is 1.96. The first-order valence-electron chi connectivity index (χ1n) is 7.29. The molecule has 1 aliphatic rings. The fourth-order valence-electron chi connectivity index (χ4n) is 2.11. The molecule has 0 saturated carbocycles. The lowest BCUT2D eigenvalue weighted by Gasteiger charge is -2.13. The number of aryl methyl sites for hydroxylation is 1. The van der Waals surface area contributed by atoms with Crippen molar-refractivity contribution in [1.29, 1.82) is 0 Å². The molecule has 1 saturated heterocycles. The minimum absolute atomic E-state index is 0.326. The zero-order valence-electron chi connectivity index (χ0n) is 11.9. The van der Waals surface area contributed by atoms with Crippen LogP contribution in [0.4, 0.5) is 11.6 Å². The highest BCUT2D eigenvalue weighted by Gasteiger charge is 2.15. The van der Waals surface area contributed by atoms with Crippen LogP contribution < -0.4 is 10.6 Å². The quantitative estimate of drug-likeness (QED) is 0.792. The highest BCUT2D eigenvalue weighted by atomic mass is 16.5. The number of hydrogen-bond acceptors (Lipinski definition) is 5. The molecule has 1 atom stereocenters. The summed E-state index contributed by atoms with van der Waals surface area (Å²) in [5, 5.41) is 6.68. The van der Waals surface area contributed by atoms with Gasteiger partial charge >= 0.3 is 0 Å². The number of ether oxygens (including phenoxy) is 1. The van der Waals surface area contributed by atoms with E-state index >= 15 is 0 Å². The molecule has 0 bridgehead atoms. The van der Waals surface area contributed by atoms with Crippen molar-refractivity contribution in [3.8, 4) is 0 Å². The fourth-order valence-corrected chi connectivity index (χ4v) is 2.11. The molecule has 0 spiro atoms. The van der Waals surface area contributed by atoms with E-state index < -0.39 is 0 Å². The summed E-state index contributed by atoms with van der Waals surface area (Å²) in [6.07, 6.45) is 4.56. The molecule has 2 rings (SSSR count). The average molecular weight is 264 g/mol. The summed E-state index contributed by atoms with van der Waals surface area (Å²) in [7, 11) is 0. The molecule has 19 heavy (non-hydrogen) atoms. The Morgan fingerprint density at radius 2 is 2.05 bits per heavy atom. The summed E-state index contributed by atoms with van der Waals surface area (Å²) >= 11 is 0. The Morgan fingerprint density at radius 3 is 2.68 bits per heavy atom. The minimum atomic E-state index is 0.326. The SMILES string of the molecule is CCCNc1cc(NCC2CCCO2)nc(CC)n1. The monoisotopic (exact) mass is 264 g/mol. The predicted molar refractivity (Wildman–Crippen MR) is 77.7 cm³/mol. The van der Waals surface area contributed by atoms with Crippen molar-refractivity contribution in [2.45, 2.75) is 45.6 Å². The van der Waals surface area contributed by atoms with Crippen molar-refractivity contribution in [2.24, 2.45) is 0 Å². The van der Waals surface area contributed by atoms with Crippen LogP contribution in [0.1, 0.15) is 38.9 Å². The largest absolute Gasteiger partial charge is 0.376 e. The lowest BCUT2D eigenvalue weighted by molar-refractivity contribution is 0.120. The van der Waals surface area contributed by atoms with Crippen LogP contribution in [0.2, 0.25) is 0 Å². The van der Waals surface area contributed by atoms with Gasteiger partial charge in [0.15, 0.2) is 0 Å². The summed E-state index contributed by atoms with van der Waals surface area (Å²) in [6.45, 7) is 6.87. The number of anilines is 2. The molecule has 2 heterocycles. The van der Waals surface area contributed by atoms with Gasteiger partial charge in [0, 0.05) is 32.2 Å². The van der Waals surface area contributed by atoms with E-state index in [1.54, 1.807) is 0 Å². The van der Waals surface area contributed by atoms with Crippen LogP contribution in [0, 0.1) is 0 Å². The summed E-state index contributed by atoms with van der Waals surface area (Å²) in [6, 6.07) is 1.98. The lowest BCUT2D eigenvalue weighted by Crippen LogP contribution is -2.19. The van der Waals surface area contributed by atoms with Gasteiger partial charge in [-0.1, -0.05) is 13.8 Å². The van der Waals surface area contributed by atoms with Crippen molar-refractivity contribution < 1.29 is 4.74 Å². The van der Waals surface area contributed by atoms with Crippen molar-refractivity contribution in [2.75, 3.05) is 30.3 Å². The van der Waals surface area contributed by atoms with Crippen LogP contribution >= 0.6 is 0 Å². The summed E-state index contributed by atoms with van der Waals surface area (Å²) < 4.78 is 5.60. The molecule has 0 aromatic carbocycles. The molecule has 1 fully saturated rings. The Morgan fingerprint density at radius 1 is 1.26 bits per heavy atom. The molecule has 106 valence electrons. The van der Waals surface area contributed by atoms with E-state index in [-0.39, 0.29) is 0 Å². The van der Waals surface area contributed by atoms with Gasteiger partial charge in [-0.05, 0) is 19.3 Å². The Labute approximate surface area is 115 Å². The van der Waals surface area contributed by atoms with Crippen LogP contribution in [0.3, 0.4) is 0 Å². The number of aromatic nitrogens is 2. The smallest absolute Gasteiger partial charge is 0.132 e. The minimum Gasteiger partial charge on any atom is -0.376 e. The van der Waals surface area contributed by atoms with Gasteiger partial charge in [0.2, 0.25) is 0 Å². The Kier molecular flexibility index (Phi) is 5.39. The molecule has 2 N–H and O–H groups in total. The number of nitrogens with zero attached hydrogens (tertiary/aromatic N) is 2. The molecule has 5 nitrogen and oxygen atoms in total. The van der Waals surface area contributed by atoms with E-state index in [1.165, 1.54) is 6.42 Å². The average Bonchev–Trinajstić information content (AvgIpc) is 2.96. The molecule has 1 aromatic rings. The van der Waals surface area contributed by atoms with Gasteiger partial charge in [-0.2, -0.15) is 0 Å². The number of nitrogens with one attached hydrogen (secondary N) is 2. The molecule has 1 aliphatic heterocycles. The first-order valence-corrected chi connectivity index (χ1v) is 7.29. The van der Waals surface area contributed by atoms with Crippen LogP contribution in [0.5, 0.6) is 0 Å². The predicted octanol–water partition coefficient (Wildman–Crippen LogP) is 2.45. The van der Waals surface area contributed by atoms with Crippen molar-refractivity contribution in [3.63, 3.8) is 0 Å². The third-order valence-electron chi connectivity index (χ3n) is 3.18. The number of rotatable bonds is 7. The molecule has 1 unspecified atom stereocenters. The highest BCUT2D eigenvalue weighted by molar-refractivity contribution is 5.47. The Bertz CT molecular complexity index is 391. The molecule has 1 aromatic heterocycles. The van der Waals surface area contributed by atoms with Gasteiger partial charge in [0.05, 0.1) is 6.10 Å². The van der Waals surface area contributed by atoms with E-state index in [1.807, 2.05) is 6.07 Å². The van der Waals surface area contributed by atoms with Crippen LogP contribution in [-0.2, 0) is 11.2 Å². The normalized spacial score (nSPS) is 18.5. The fraction of sp³-hybridized carbons (Fsp3) is 0.714. The Hall–Kier alpha value is -1.36. The van der Waals surface area contributed by atoms with Gasteiger partial charge in [0.25, 0.3) is 0 Å². The third kappa shape index (κ3) is 4.35. The lowest BCUT2D eigenvalue weighted by atomic mass is 10.2. The summed E-state index contributed by atoms with van der Waals surface area (Å²) in [5.41, 5.74) is 0. The maximum absolute atomic E-state index is 5.60. The zero-order chi connectivity index (χ0) is 13.5. The second-order valence-electron chi connectivity index (χ2n) is 4.85. The second kappa shape index (κ2) is 7.28. The molecule has 0 amide bonds.